The van der Waals surface area contributed by atoms with E-state index in [0.717, 1.165) is 38.4 Å². The van der Waals surface area contributed by atoms with Gasteiger partial charge in [-0.3, -0.25) is 9.89 Å². The van der Waals surface area contributed by atoms with E-state index in [4.69, 9.17) is 0 Å². The molecule has 0 saturated carbocycles. The lowest BCUT2D eigenvalue weighted by atomic mass is 10.1. The van der Waals surface area contributed by atoms with Crippen molar-refractivity contribution in [3.05, 3.63) is 35.5 Å². The first-order valence-corrected chi connectivity index (χ1v) is 10.6. The molecule has 5 nitrogen and oxygen atoms in total. The van der Waals surface area contributed by atoms with Crippen LogP contribution < -0.4 is 5.32 Å². The number of H-pyrrole nitrogens is 1. The molecule has 8 heteroatoms. The Morgan fingerprint density at radius 2 is 2.17 bits per heavy atom. The smallest absolute Gasteiger partial charge is 0.361 e. The zero-order chi connectivity index (χ0) is 21.7. The van der Waals surface area contributed by atoms with E-state index in [2.05, 4.69) is 51.5 Å². The Labute approximate surface area is 176 Å². The van der Waals surface area contributed by atoms with Gasteiger partial charge >= 0.3 is 6.18 Å². The number of aromatic amines is 1. The second-order valence-electron chi connectivity index (χ2n) is 8.08. The molecule has 1 aromatic carbocycles. The van der Waals surface area contributed by atoms with E-state index in [1.54, 1.807) is 14.0 Å². The molecule has 2 N–H and O–H groups in total. The number of para-hydroxylation sites is 1. The summed E-state index contributed by atoms with van der Waals surface area (Å²) in [5, 5.41) is 4.67. The van der Waals surface area contributed by atoms with Gasteiger partial charge < -0.3 is 15.2 Å². The standard InChI is InChI=1S/C22H32F3N5/c1-4-29(15-22(23,24)25)13-17-9-11-30(14-17)21(26-3)27-10-8-18-12-28-20-16(2)6-5-7-19(18)20/h5-7,12,17,28H,4,8-11,13-15H2,1-3H3,(H,26,27). The minimum Gasteiger partial charge on any atom is -0.361 e. The fraction of sp³-hybridized carbons (Fsp3) is 0.591. The number of hydrogen-bond donors (Lipinski definition) is 2. The maximum absolute atomic E-state index is 12.7. The number of nitrogens with zero attached hydrogens (tertiary/aromatic N) is 3. The fourth-order valence-corrected chi connectivity index (χ4v) is 4.31. The van der Waals surface area contributed by atoms with E-state index >= 15 is 0 Å². The molecule has 0 bridgehead atoms. The summed E-state index contributed by atoms with van der Waals surface area (Å²) in [6.07, 6.45) is -0.327. The SMILES string of the molecule is CCN(CC1CCN(C(=NC)NCCc2c[nH]c3c(C)cccc23)C1)CC(F)(F)F. The molecule has 1 atom stereocenters. The molecule has 1 fully saturated rings. The van der Waals surface area contributed by atoms with Crippen molar-refractivity contribution < 1.29 is 13.2 Å². The number of alkyl halides is 3. The first-order chi connectivity index (χ1) is 14.3. The molecule has 1 aliphatic heterocycles. The molecule has 0 amide bonds. The molecular weight excluding hydrogens is 391 g/mol. The van der Waals surface area contributed by atoms with Gasteiger partial charge in [-0.2, -0.15) is 13.2 Å². The number of guanidine groups is 1. The van der Waals surface area contributed by atoms with Gasteiger partial charge in [0.15, 0.2) is 5.96 Å². The summed E-state index contributed by atoms with van der Waals surface area (Å²) in [6, 6.07) is 6.31. The molecular formula is C22H32F3N5. The number of halogens is 3. The molecule has 0 radical (unpaired) electrons. The molecule has 166 valence electrons. The van der Waals surface area contributed by atoms with Crippen molar-refractivity contribution >= 4 is 16.9 Å². The molecule has 3 rings (SSSR count). The molecule has 1 unspecified atom stereocenters. The topological polar surface area (TPSA) is 46.7 Å². The maximum atomic E-state index is 12.7. The minimum atomic E-state index is -4.15. The third-order valence-electron chi connectivity index (χ3n) is 5.85. The summed E-state index contributed by atoms with van der Waals surface area (Å²) in [4.78, 5) is 11.4. The highest BCUT2D eigenvalue weighted by Gasteiger charge is 2.33. The van der Waals surface area contributed by atoms with Gasteiger partial charge in [0.05, 0.1) is 6.54 Å². The summed E-state index contributed by atoms with van der Waals surface area (Å²) < 4.78 is 38.2. The second kappa shape index (κ2) is 9.73. The Kier molecular flexibility index (Phi) is 7.28. The monoisotopic (exact) mass is 423 g/mol. The van der Waals surface area contributed by atoms with Gasteiger partial charge in [-0.1, -0.05) is 25.1 Å². The van der Waals surface area contributed by atoms with E-state index in [1.807, 2.05) is 0 Å². The highest BCUT2D eigenvalue weighted by atomic mass is 19.4. The largest absolute Gasteiger partial charge is 0.401 e. The van der Waals surface area contributed by atoms with E-state index in [-0.39, 0.29) is 5.92 Å². The molecule has 2 heterocycles. The lowest BCUT2D eigenvalue weighted by Gasteiger charge is -2.26. The zero-order valence-electron chi connectivity index (χ0n) is 18.0. The number of nitrogens with one attached hydrogen (secondary N) is 2. The van der Waals surface area contributed by atoms with Crippen molar-refractivity contribution in [3.8, 4) is 0 Å². The van der Waals surface area contributed by atoms with Crippen molar-refractivity contribution in [1.29, 1.82) is 0 Å². The van der Waals surface area contributed by atoms with Crippen molar-refractivity contribution in [1.82, 2.24) is 20.1 Å². The summed E-state index contributed by atoms with van der Waals surface area (Å²) in [5.41, 5.74) is 3.68. The van der Waals surface area contributed by atoms with Crippen LogP contribution in [0.1, 0.15) is 24.5 Å². The summed E-state index contributed by atoms with van der Waals surface area (Å²) in [6.45, 7) is 6.23. The molecule has 0 spiro atoms. The number of aliphatic imine (C=N–C) groups is 1. The van der Waals surface area contributed by atoms with E-state index in [9.17, 15) is 13.2 Å². The Morgan fingerprint density at radius 1 is 1.37 bits per heavy atom. The fourth-order valence-electron chi connectivity index (χ4n) is 4.31. The van der Waals surface area contributed by atoms with Crippen molar-refractivity contribution in [3.63, 3.8) is 0 Å². The predicted octanol–water partition coefficient (Wildman–Crippen LogP) is 3.80. The average molecular weight is 424 g/mol. The van der Waals surface area contributed by atoms with E-state index in [0.29, 0.717) is 13.1 Å². The quantitative estimate of drug-likeness (QED) is 0.526. The Balaban J connectivity index is 1.50. The second-order valence-corrected chi connectivity index (χ2v) is 8.08. The highest BCUT2D eigenvalue weighted by Crippen LogP contribution is 2.23. The molecule has 1 aromatic heterocycles. The van der Waals surface area contributed by atoms with Gasteiger partial charge in [0, 0.05) is 50.3 Å². The maximum Gasteiger partial charge on any atom is 0.401 e. The van der Waals surface area contributed by atoms with Crippen LogP contribution in [-0.2, 0) is 6.42 Å². The Hall–Kier alpha value is -2.22. The van der Waals surface area contributed by atoms with Crippen LogP contribution in [0.4, 0.5) is 13.2 Å². The number of fused-ring (bicyclic) bond motifs is 1. The summed E-state index contributed by atoms with van der Waals surface area (Å²) >= 11 is 0. The predicted molar refractivity (Wildman–Crippen MR) is 116 cm³/mol. The lowest BCUT2D eigenvalue weighted by Crippen LogP contribution is -2.42. The van der Waals surface area contributed by atoms with Crippen LogP contribution in [0.5, 0.6) is 0 Å². The van der Waals surface area contributed by atoms with Crippen LogP contribution in [0, 0.1) is 12.8 Å². The normalized spacial score (nSPS) is 18.0. The number of aryl methyl sites for hydroxylation is 1. The third-order valence-corrected chi connectivity index (χ3v) is 5.85. The summed E-state index contributed by atoms with van der Waals surface area (Å²) in [5.74, 6) is 1.05. The molecule has 1 saturated heterocycles. The van der Waals surface area contributed by atoms with E-state index in [1.165, 1.54) is 26.9 Å². The highest BCUT2D eigenvalue weighted by molar-refractivity contribution is 5.86. The van der Waals surface area contributed by atoms with Crippen LogP contribution in [0.3, 0.4) is 0 Å². The van der Waals surface area contributed by atoms with Crippen molar-refractivity contribution in [2.45, 2.75) is 32.9 Å². The zero-order valence-corrected chi connectivity index (χ0v) is 18.0. The van der Waals surface area contributed by atoms with Crippen LogP contribution in [0.15, 0.2) is 29.4 Å². The minimum absolute atomic E-state index is 0.224. The number of likely N-dealkylation sites (tertiary alicyclic amines) is 1. The average Bonchev–Trinajstić information content (AvgIpc) is 3.32. The van der Waals surface area contributed by atoms with Gasteiger partial charge in [0.25, 0.3) is 0 Å². The van der Waals surface area contributed by atoms with Crippen molar-refractivity contribution in [2.75, 3.05) is 46.3 Å². The number of rotatable bonds is 7. The summed E-state index contributed by atoms with van der Waals surface area (Å²) in [7, 11) is 1.76. The van der Waals surface area contributed by atoms with Crippen molar-refractivity contribution in [2.24, 2.45) is 10.9 Å². The van der Waals surface area contributed by atoms with Crippen LogP contribution in [-0.4, -0.2) is 73.2 Å². The number of hydrogen-bond acceptors (Lipinski definition) is 2. The molecule has 0 aliphatic carbocycles. The van der Waals surface area contributed by atoms with Gasteiger partial charge in [-0.15, -0.1) is 0 Å². The molecule has 2 aromatic rings. The van der Waals surface area contributed by atoms with Gasteiger partial charge in [0.1, 0.15) is 0 Å². The first kappa shape index (κ1) is 22.5. The van der Waals surface area contributed by atoms with Crippen LogP contribution in [0.25, 0.3) is 10.9 Å². The van der Waals surface area contributed by atoms with Crippen LogP contribution in [0.2, 0.25) is 0 Å². The molecule has 30 heavy (non-hydrogen) atoms. The lowest BCUT2D eigenvalue weighted by molar-refractivity contribution is -0.146. The Morgan fingerprint density at radius 3 is 2.87 bits per heavy atom. The third kappa shape index (κ3) is 5.68. The number of aromatic nitrogens is 1. The van der Waals surface area contributed by atoms with Crippen LogP contribution >= 0.6 is 0 Å². The number of benzene rings is 1. The Bertz CT molecular complexity index is 858. The first-order valence-electron chi connectivity index (χ1n) is 10.6. The van der Waals surface area contributed by atoms with Gasteiger partial charge in [-0.25, -0.2) is 0 Å². The van der Waals surface area contributed by atoms with Gasteiger partial charge in [0.2, 0.25) is 0 Å². The van der Waals surface area contributed by atoms with E-state index < -0.39 is 12.7 Å². The molecule has 1 aliphatic rings. The van der Waals surface area contributed by atoms with Gasteiger partial charge in [-0.05, 0) is 43.4 Å².